The standard InChI is InChI=1S/C10H5BrClNS/c11-7-3-6(1-2-13)10-8(12)5-14-9(10)4-7/h3-5H,1H2. The summed E-state index contributed by atoms with van der Waals surface area (Å²) in [7, 11) is 0. The van der Waals surface area contributed by atoms with Gasteiger partial charge in [0.1, 0.15) is 0 Å². The van der Waals surface area contributed by atoms with E-state index in [1.54, 1.807) is 11.3 Å². The van der Waals surface area contributed by atoms with E-state index in [9.17, 15) is 0 Å². The number of halogens is 2. The van der Waals surface area contributed by atoms with Gasteiger partial charge in [-0.15, -0.1) is 11.3 Å². The molecule has 0 N–H and O–H groups in total. The molecule has 0 fully saturated rings. The van der Waals surface area contributed by atoms with E-state index >= 15 is 0 Å². The van der Waals surface area contributed by atoms with Crippen LogP contribution in [0.5, 0.6) is 0 Å². The van der Waals surface area contributed by atoms with Crippen LogP contribution in [0.4, 0.5) is 0 Å². The van der Waals surface area contributed by atoms with Crippen LogP contribution in [0, 0.1) is 11.3 Å². The highest BCUT2D eigenvalue weighted by atomic mass is 79.9. The molecule has 0 amide bonds. The average Bonchev–Trinajstić information content (AvgIpc) is 2.48. The highest BCUT2D eigenvalue weighted by Crippen LogP contribution is 2.35. The first kappa shape index (κ1) is 9.97. The summed E-state index contributed by atoms with van der Waals surface area (Å²) in [5.74, 6) is 0. The van der Waals surface area contributed by atoms with Gasteiger partial charge in [-0.1, -0.05) is 27.5 Å². The van der Waals surface area contributed by atoms with Crippen molar-refractivity contribution in [1.29, 1.82) is 5.26 Å². The molecule has 0 bridgehead atoms. The molecule has 0 radical (unpaired) electrons. The third kappa shape index (κ3) is 1.66. The van der Waals surface area contributed by atoms with Crippen LogP contribution in [-0.2, 0) is 6.42 Å². The van der Waals surface area contributed by atoms with Crippen LogP contribution >= 0.6 is 38.9 Å². The fourth-order valence-electron chi connectivity index (χ4n) is 1.40. The van der Waals surface area contributed by atoms with Gasteiger partial charge in [0.2, 0.25) is 0 Å². The molecule has 1 heterocycles. The normalized spacial score (nSPS) is 10.4. The van der Waals surface area contributed by atoms with Gasteiger partial charge in [0.25, 0.3) is 0 Å². The second-order valence-electron chi connectivity index (χ2n) is 2.86. The maximum atomic E-state index is 8.69. The van der Waals surface area contributed by atoms with Gasteiger partial charge >= 0.3 is 0 Å². The summed E-state index contributed by atoms with van der Waals surface area (Å²) >= 11 is 11.1. The molecule has 0 unspecified atom stereocenters. The topological polar surface area (TPSA) is 23.8 Å². The minimum Gasteiger partial charge on any atom is -0.198 e. The van der Waals surface area contributed by atoms with Crippen molar-refractivity contribution >= 4 is 49.0 Å². The van der Waals surface area contributed by atoms with Gasteiger partial charge in [-0.2, -0.15) is 5.26 Å². The van der Waals surface area contributed by atoms with Crippen LogP contribution in [0.25, 0.3) is 10.1 Å². The van der Waals surface area contributed by atoms with Crippen molar-refractivity contribution < 1.29 is 0 Å². The summed E-state index contributed by atoms with van der Waals surface area (Å²) in [5.41, 5.74) is 0.989. The lowest BCUT2D eigenvalue weighted by Crippen LogP contribution is -1.82. The van der Waals surface area contributed by atoms with Gasteiger partial charge in [0.05, 0.1) is 17.5 Å². The molecule has 1 aromatic carbocycles. The van der Waals surface area contributed by atoms with E-state index in [4.69, 9.17) is 16.9 Å². The number of hydrogen-bond donors (Lipinski definition) is 0. The quantitative estimate of drug-likeness (QED) is 0.763. The van der Waals surface area contributed by atoms with E-state index in [0.29, 0.717) is 6.42 Å². The third-order valence-corrected chi connectivity index (χ3v) is 3.76. The van der Waals surface area contributed by atoms with E-state index in [1.807, 2.05) is 17.5 Å². The molecule has 1 nitrogen and oxygen atoms in total. The Morgan fingerprint density at radius 1 is 1.50 bits per heavy atom. The molecule has 0 saturated heterocycles. The zero-order chi connectivity index (χ0) is 10.1. The fraction of sp³-hybridized carbons (Fsp3) is 0.100. The molecule has 0 aliphatic heterocycles. The van der Waals surface area contributed by atoms with E-state index in [2.05, 4.69) is 22.0 Å². The lowest BCUT2D eigenvalue weighted by Gasteiger charge is -2.00. The summed E-state index contributed by atoms with van der Waals surface area (Å²) in [6.45, 7) is 0. The maximum Gasteiger partial charge on any atom is 0.0669 e. The summed E-state index contributed by atoms with van der Waals surface area (Å²) in [6.07, 6.45) is 0.395. The number of fused-ring (bicyclic) bond motifs is 1. The molecule has 4 heteroatoms. The van der Waals surface area contributed by atoms with Crippen molar-refractivity contribution in [3.05, 3.63) is 32.6 Å². The third-order valence-electron chi connectivity index (χ3n) is 1.95. The van der Waals surface area contributed by atoms with Crippen molar-refractivity contribution in [2.24, 2.45) is 0 Å². The van der Waals surface area contributed by atoms with Crippen molar-refractivity contribution in [2.45, 2.75) is 6.42 Å². The molecule has 0 spiro atoms. The summed E-state index contributed by atoms with van der Waals surface area (Å²) in [4.78, 5) is 0. The molecule has 0 aliphatic carbocycles. The number of hydrogen-bond acceptors (Lipinski definition) is 2. The van der Waals surface area contributed by atoms with Gasteiger partial charge in [-0.25, -0.2) is 0 Å². The smallest absolute Gasteiger partial charge is 0.0669 e. The number of nitrogens with zero attached hydrogens (tertiary/aromatic N) is 1. The Labute approximate surface area is 99.0 Å². The number of rotatable bonds is 1. The minimum absolute atomic E-state index is 0.395. The molecule has 0 aliphatic rings. The van der Waals surface area contributed by atoms with Crippen LogP contribution in [0.2, 0.25) is 5.02 Å². The van der Waals surface area contributed by atoms with Crippen LogP contribution in [0.15, 0.2) is 22.0 Å². The number of thiophene rings is 1. The Morgan fingerprint density at radius 2 is 2.29 bits per heavy atom. The zero-order valence-electron chi connectivity index (χ0n) is 7.05. The molecule has 70 valence electrons. The van der Waals surface area contributed by atoms with Crippen molar-refractivity contribution in [3.63, 3.8) is 0 Å². The second kappa shape index (κ2) is 3.90. The van der Waals surface area contributed by atoms with Gasteiger partial charge in [-0.3, -0.25) is 0 Å². The molecule has 14 heavy (non-hydrogen) atoms. The first-order chi connectivity index (χ1) is 6.72. The minimum atomic E-state index is 0.395. The zero-order valence-corrected chi connectivity index (χ0v) is 10.2. The van der Waals surface area contributed by atoms with Crippen molar-refractivity contribution in [1.82, 2.24) is 0 Å². The summed E-state index contributed by atoms with van der Waals surface area (Å²) in [6, 6.07) is 6.11. The van der Waals surface area contributed by atoms with Crippen LogP contribution in [-0.4, -0.2) is 0 Å². The Hall–Kier alpha value is -0.560. The molecule has 1 aromatic heterocycles. The predicted molar refractivity (Wildman–Crippen MR) is 63.9 cm³/mol. The van der Waals surface area contributed by atoms with Crippen molar-refractivity contribution in [2.75, 3.05) is 0 Å². The summed E-state index contributed by atoms with van der Waals surface area (Å²) in [5, 5.41) is 12.3. The van der Waals surface area contributed by atoms with Crippen LogP contribution in [0.1, 0.15) is 5.56 Å². The highest BCUT2D eigenvalue weighted by molar-refractivity contribution is 9.10. The molecule has 2 aromatic rings. The maximum absolute atomic E-state index is 8.69. The Balaban J connectivity index is 2.78. The lowest BCUT2D eigenvalue weighted by atomic mass is 10.1. The lowest BCUT2D eigenvalue weighted by molar-refractivity contribution is 1.29. The van der Waals surface area contributed by atoms with Gasteiger partial charge in [0, 0.05) is 19.9 Å². The summed E-state index contributed by atoms with van der Waals surface area (Å²) < 4.78 is 2.11. The number of benzene rings is 1. The van der Waals surface area contributed by atoms with Crippen molar-refractivity contribution in [3.8, 4) is 6.07 Å². The Morgan fingerprint density at radius 3 is 3.00 bits per heavy atom. The first-order valence-electron chi connectivity index (χ1n) is 3.94. The predicted octanol–water partition coefficient (Wildman–Crippen LogP) is 4.38. The molecule has 0 atom stereocenters. The first-order valence-corrected chi connectivity index (χ1v) is 5.99. The molecular formula is C10H5BrClNS. The monoisotopic (exact) mass is 285 g/mol. The van der Waals surface area contributed by atoms with Crippen LogP contribution in [0.3, 0.4) is 0 Å². The number of nitriles is 1. The van der Waals surface area contributed by atoms with E-state index in [1.165, 1.54) is 0 Å². The van der Waals surface area contributed by atoms with E-state index in [-0.39, 0.29) is 0 Å². The molecular weight excluding hydrogens is 282 g/mol. The van der Waals surface area contributed by atoms with Gasteiger partial charge in [-0.05, 0) is 17.7 Å². The van der Waals surface area contributed by atoms with Crippen LogP contribution < -0.4 is 0 Å². The molecule has 0 saturated carbocycles. The SMILES string of the molecule is N#CCc1cc(Br)cc2scc(Cl)c12. The average molecular weight is 287 g/mol. The van der Waals surface area contributed by atoms with Gasteiger partial charge in [0.15, 0.2) is 0 Å². The molecule has 2 rings (SSSR count). The van der Waals surface area contributed by atoms with E-state index < -0.39 is 0 Å². The Bertz CT molecular complexity index is 527. The largest absolute Gasteiger partial charge is 0.198 e. The Kier molecular flexibility index (Phi) is 2.78. The van der Waals surface area contributed by atoms with Gasteiger partial charge < -0.3 is 0 Å². The fourth-order valence-corrected chi connectivity index (χ4v) is 3.37. The second-order valence-corrected chi connectivity index (χ2v) is 5.09. The van der Waals surface area contributed by atoms with E-state index in [0.717, 1.165) is 25.1 Å². The highest BCUT2D eigenvalue weighted by Gasteiger charge is 2.08.